The summed E-state index contributed by atoms with van der Waals surface area (Å²) in [6.07, 6.45) is 1.95. The summed E-state index contributed by atoms with van der Waals surface area (Å²) < 4.78 is 6.93. The van der Waals surface area contributed by atoms with Gasteiger partial charge >= 0.3 is 0 Å². The zero-order valence-electron chi connectivity index (χ0n) is 11.2. The summed E-state index contributed by atoms with van der Waals surface area (Å²) in [6, 6.07) is 11.4. The molecule has 20 heavy (non-hydrogen) atoms. The van der Waals surface area contributed by atoms with Gasteiger partial charge in [0.2, 0.25) is 0 Å². The van der Waals surface area contributed by atoms with Crippen molar-refractivity contribution in [1.29, 1.82) is 5.41 Å². The molecule has 0 heterocycles. The van der Waals surface area contributed by atoms with Gasteiger partial charge in [0.25, 0.3) is 0 Å². The zero-order valence-corrected chi connectivity index (χ0v) is 13.6. The summed E-state index contributed by atoms with van der Waals surface area (Å²) in [4.78, 5) is 0.934. The molecule has 3 nitrogen and oxygen atoms in total. The maximum absolute atomic E-state index is 7.74. The third-order valence-electron chi connectivity index (χ3n) is 2.83. The van der Waals surface area contributed by atoms with Crippen LogP contribution in [0.2, 0.25) is 0 Å². The summed E-state index contributed by atoms with van der Waals surface area (Å²) in [5.41, 5.74) is 7.41. The number of nitrogens with two attached hydrogens (primary N) is 1. The molecule has 104 valence electrons. The molecule has 0 saturated carbocycles. The van der Waals surface area contributed by atoms with Crippen LogP contribution < -0.4 is 10.5 Å². The Morgan fingerprint density at radius 2 is 2.05 bits per heavy atom. The third-order valence-corrected chi connectivity index (χ3v) is 4.50. The summed E-state index contributed by atoms with van der Waals surface area (Å²) in [7, 11) is 0. The van der Waals surface area contributed by atoms with Gasteiger partial charge in [-0.3, -0.25) is 5.41 Å². The van der Waals surface area contributed by atoms with Gasteiger partial charge in [0.05, 0.1) is 5.56 Å². The van der Waals surface area contributed by atoms with Gasteiger partial charge in [-0.15, -0.1) is 11.8 Å². The molecule has 0 unspecified atom stereocenters. The fraction of sp³-hybridized carbons (Fsp3) is 0.133. The summed E-state index contributed by atoms with van der Waals surface area (Å²) >= 11 is 5.01. The van der Waals surface area contributed by atoms with Crippen molar-refractivity contribution in [3.05, 3.63) is 52.0 Å². The van der Waals surface area contributed by atoms with E-state index in [-0.39, 0.29) is 5.84 Å². The average Bonchev–Trinajstić information content (AvgIpc) is 2.42. The average molecular weight is 351 g/mol. The first-order valence-corrected chi connectivity index (χ1v) is 8.00. The Kier molecular flexibility index (Phi) is 4.73. The van der Waals surface area contributed by atoms with E-state index in [1.54, 1.807) is 11.8 Å². The molecule has 0 aliphatic heterocycles. The highest BCUT2D eigenvalue weighted by molar-refractivity contribution is 9.10. The van der Waals surface area contributed by atoms with E-state index in [1.165, 1.54) is 0 Å². The van der Waals surface area contributed by atoms with Gasteiger partial charge in [0, 0.05) is 9.37 Å². The third kappa shape index (κ3) is 3.16. The van der Waals surface area contributed by atoms with Gasteiger partial charge in [-0.25, -0.2) is 0 Å². The molecule has 3 N–H and O–H groups in total. The smallest absolute Gasteiger partial charge is 0.139 e. The summed E-state index contributed by atoms with van der Waals surface area (Å²) in [5.74, 6) is 1.34. The predicted molar refractivity (Wildman–Crippen MR) is 88.2 cm³/mol. The second-order valence-electron chi connectivity index (χ2n) is 4.26. The number of rotatable bonds is 4. The van der Waals surface area contributed by atoms with Crippen LogP contribution in [0, 0.1) is 12.3 Å². The molecular weight excluding hydrogens is 336 g/mol. The van der Waals surface area contributed by atoms with Gasteiger partial charge in [-0.2, -0.15) is 0 Å². The lowest BCUT2D eigenvalue weighted by Crippen LogP contribution is -2.13. The number of hydrogen-bond acceptors (Lipinski definition) is 3. The molecule has 0 aromatic heterocycles. The van der Waals surface area contributed by atoms with Crippen LogP contribution in [0.3, 0.4) is 0 Å². The second-order valence-corrected chi connectivity index (χ2v) is 5.96. The molecular formula is C15H15BrN2OS. The molecule has 2 aromatic rings. The lowest BCUT2D eigenvalue weighted by molar-refractivity contribution is 0.479. The molecule has 0 bridgehead atoms. The lowest BCUT2D eigenvalue weighted by Gasteiger charge is -2.13. The number of hydrogen-bond donors (Lipinski definition) is 2. The van der Waals surface area contributed by atoms with Crippen molar-refractivity contribution in [2.24, 2.45) is 5.73 Å². The minimum Gasteiger partial charge on any atom is -0.457 e. The van der Waals surface area contributed by atoms with Crippen LogP contribution in [0.15, 0.2) is 45.8 Å². The van der Waals surface area contributed by atoms with Gasteiger partial charge in [-0.05, 0) is 49.1 Å². The number of benzene rings is 2. The second kappa shape index (κ2) is 6.33. The van der Waals surface area contributed by atoms with Crippen molar-refractivity contribution >= 4 is 33.5 Å². The Balaban J connectivity index is 2.42. The van der Waals surface area contributed by atoms with E-state index in [2.05, 4.69) is 15.9 Å². The number of thioether (sulfide) groups is 1. The maximum Gasteiger partial charge on any atom is 0.139 e. The summed E-state index contributed by atoms with van der Waals surface area (Å²) in [5, 5.41) is 7.74. The van der Waals surface area contributed by atoms with Crippen molar-refractivity contribution in [1.82, 2.24) is 0 Å². The van der Waals surface area contributed by atoms with Gasteiger partial charge in [-0.1, -0.05) is 22.0 Å². The van der Waals surface area contributed by atoms with Crippen LogP contribution in [0.25, 0.3) is 0 Å². The number of ether oxygens (including phenoxy) is 1. The largest absolute Gasteiger partial charge is 0.457 e. The van der Waals surface area contributed by atoms with Crippen LogP contribution >= 0.6 is 27.7 Å². The first kappa shape index (κ1) is 14.9. The fourth-order valence-corrected chi connectivity index (χ4v) is 2.72. The molecule has 0 saturated heterocycles. The molecule has 0 aliphatic rings. The standard InChI is InChI=1S/C15H15BrN2OS/c1-9-8-10(6-7-11(9)16)19-12-4-3-5-13(20-2)14(12)15(17)18/h3-8H,1-2H3,(H3,17,18). The van der Waals surface area contributed by atoms with E-state index < -0.39 is 0 Å². The first-order valence-electron chi connectivity index (χ1n) is 5.98. The number of halogens is 1. The molecule has 2 aromatic carbocycles. The predicted octanol–water partition coefficient (Wildman–Crippen LogP) is 4.56. The molecule has 0 atom stereocenters. The van der Waals surface area contributed by atoms with E-state index >= 15 is 0 Å². The van der Waals surface area contributed by atoms with Gasteiger partial charge in [0.1, 0.15) is 17.3 Å². The van der Waals surface area contributed by atoms with Crippen molar-refractivity contribution in [3.63, 3.8) is 0 Å². The van der Waals surface area contributed by atoms with Crippen molar-refractivity contribution in [2.75, 3.05) is 6.26 Å². The number of nitrogen functional groups attached to an aromatic ring is 1. The monoisotopic (exact) mass is 350 g/mol. The Bertz CT molecular complexity index is 658. The first-order chi connectivity index (χ1) is 9.52. The Morgan fingerprint density at radius 3 is 2.65 bits per heavy atom. The fourth-order valence-electron chi connectivity index (χ4n) is 1.84. The normalized spacial score (nSPS) is 10.3. The van der Waals surface area contributed by atoms with E-state index in [1.807, 2.05) is 49.6 Å². The van der Waals surface area contributed by atoms with E-state index in [4.69, 9.17) is 15.9 Å². The van der Waals surface area contributed by atoms with E-state index in [0.717, 1.165) is 20.7 Å². The van der Waals surface area contributed by atoms with Crippen LogP contribution in [0.5, 0.6) is 11.5 Å². The molecule has 2 rings (SSSR count). The molecule has 0 radical (unpaired) electrons. The zero-order chi connectivity index (χ0) is 14.7. The number of aryl methyl sites for hydroxylation is 1. The lowest BCUT2D eigenvalue weighted by atomic mass is 10.2. The quantitative estimate of drug-likeness (QED) is 0.482. The van der Waals surface area contributed by atoms with Crippen molar-refractivity contribution in [3.8, 4) is 11.5 Å². The Morgan fingerprint density at radius 1 is 1.30 bits per heavy atom. The molecule has 0 fully saturated rings. The molecule has 0 spiro atoms. The molecule has 0 aliphatic carbocycles. The van der Waals surface area contributed by atoms with Crippen LogP contribution in [-0.2, 0) is 0 Å². The van der Waals surface area contributed by atoms with Crippen molar-refractivity contribution < 1.29 is 4.74 Å². The van der Waals surface area contributed by atoms with Gasteiger partial charge < -0.3 is 10.5 Å². The van der Waals surface area contributed by atoms with Crippen LogP contribution in [0.1, 0.15) is 11.1 Å². The molecule has 5 heteroatoms. The number of amidine groups is 1. The van der Waals surface area contributed by atoms with Crippen molar-refractivity contribution in [2.45, 2.75) is 11.8 Å². The highest BCUT2D eigenvalue weighted by Crippen LogP contribution is 2.32. The number of nitrogens with one attached hydrogen (secondary N) is 1. The van der Waals surface area contributed by atoms with Crippen LogP contribution in [0.4, 0.5) is 0 Å². The Labute approximate surface area is 131 Å². The minimum atomic E-state index is 0.0128. The van der Waals surface area contributed by atoms with Gasteiger partial charge in [0.15, 0.2) is 0 Å². The SMILES string of the molecule is CSc1cccc(Oc2ccc(Br)c(C)c2)c1C(=N)N. The highest BCUT2D eigenvalue weighted by Gasteiger charge is 2.13. The Hall–Kier alpha value is -1.46. The minimum absolute atomic E-state index is 0.0128. The van der Waals surface area contributed by atoms with E-state index in [0.29, 0.717) is 11.3 Å². The summed E-state index contributed by atoms with van der Waals surface area (Å²) in [6.45, 7) is 2.00. The molecule has 0 amide bonds. The highest BCUT2D eigenvalue weighted by atomic mass is 79.9. The van der Waals surface area contributed by atoms with Crippen LogP contribution in [-0.4, -0.2) is 12.1 Å². The maximum atomic E-state index is 7.74. The van der Waals surface area contributed by atoms with E-state index in [9.17, 15) is 0 Å². The topological polar surface area (TPSA) is 59.1 Å².